The van der Waals surface area contributed by atoms with Gasteiger partial charge in [0.2, 0.25) is 5.91 Å². The van der Waals surface area contributed by atoms with Crippen LogP contribution in [0.2, 0.25) is 0 Å². The third-order valence-electron chi connectivity index (χ3n) is 3.43. The van der Waals surface area contributed by atoms with Crippen LogP contribution >= 0.6 is 0 Å². The van der Waals surface area contributed by atoms with Crippen molar-refractivity contribution >= 4 is 11.6 Å². The highest BCUT2D eigenvalue weighted by Crippen LogP contribution is 2.11. The molecule has 0 saturated heterocycles. The normalized spacial score (nSPS) is 11.1. The molecule has 0 heterocycles. The SMILES string of the molecule is CC(C)N(C)CCCCNCC(=O)Nc1ccccc1F. The molecule has 0 aliphatic rings. The number of hydrogen-bond donors (Lipinski definition) is 2. The second-order valence-corrected chi connectivity index (χ2v) is 5.49. The molecule has 0 atom stereocenters. The molecule has 5 heteroatoms. The Labute approximate surface area is 126 Å². The van der Waals surface area contributed by atoms with Crippen LogP contribution in [-0.2, 0) is 4.79 Å². The number of nitrogens with zero attached hydrogens (tertiary/aromatic N) is 1. The van der Waals surface area contributed by atoms with Gasteiger partial charge in [0, 0.05) is 6.04 Å². The van der Waals surface area contributed by atoms with E-state index in [1.807, 2.05) is 0 Å². The molecule has 2 N–H and O–H groups in total. The number of carbonyl (C=O) groups excluding carboxylic acids is 1. The number of amides is 1. The summed E-state index contributed by atoms with van der Waals surface area (Å²) in [5, 5.41) is 5.62. The van der Waals surface area contributed by atoms with Crippen molar-refractivity contribution in [3.63, 3.8) is 0 Å². The first kappa shape index (κ1) is 17.6. The summed E-state index contributed by atoms with van der Waals surface area (Å²) in [5.41, 5.74) is 0.225. The molecule has 4 nitrogen and oxygen atoms in total. The number of benzene rings is 1. The van der Waals surface area contributed by atoms with Gasteiger partial charge in [-0.2, -0.15) is 0 Å². The van der Waals surface area contributed by atoms with Crippen LogP contribution in [0, 0.1) is 5.82 Å². The van der Waals surface area contributed by atoms with Crippen molar-refractivity contribution in [1.29, 1.82) is 0 Å². The molecule has 0 aliphatic carbocycles. The Balaban J connectivity index is 2.10. The molecule has 0 saturated carbocycles. The molecular formula is C16H26FN3O. The van der Waals surface area contributed by atoms with Gasteiger partial charge in [0.25, 0.3) is 0 Å². The smallest absolute Gasteiger partial charge is 0.238 e. The quantitative estimate of drug-likeness (QED) is 0.688. The van der Waals surface area contributed by atoms with Gasteiger partial charge in [-0.1, -0.05) is 12.1 Å². The van der Waals surface area contributed by atoms with Crippen molar-refractivity contribution in [2.24, 2.45) is 0 Å². The van der Waals surface area contributed by atoms with Gasteiger partial charge in [-0.25, -0.2) is 4.39 Å². The van der Waals surface area contributed by atoms with Crippen LogP contribution in [-0.4, -0.2) is 43.5 Å². The maximum Gasteiger partial charge on any atom is 0.238 e. The molecule has 0 aliphatic heterocycles. The summed E-state index contributed by atoms with van der Waals surface area (Å²) in [6, 6.07) is 6.72. The number of unbranched alkanes of at least 4 members (excludes halogenated alkanes) is 1. The lowest BCUT2D eigenvalue weighted by Gasteiger charge is -2.20. The Kier molecular flexibility index (Phi) is 7.93. The molecule has 0 bridgehead atoms. The average Bonchev–Trinajstić information content (AvgIpc) is 2.44. The lowest BCUT2D eigenvalue weighted by Crippen LogP contribution is -2.30. The minimum absolute atomic E-state index is 0.203. The minimum Gasteiger partial charge on any atom is -0.322 e. The minimum atomic E-state index is -0.414. The van der Waals surface area contributed by atoms with Crippen LogP contribution < -0.4 is 10.6 Å². The third kappa shape index (κ3) is 7.20. The molecule has 0 aromatic heterocycles. The first-order chi connectivity index (χ1) is 10.0. The number of para-hydroxylation sites is 1. The maximum absolute atomic E-state index is 13.3. The fraction of sp³-hybridized carbons (Fsp3) is 0.562. The van der Waals surface area contributed by atoms with Gasteiger partial charge in [-0.15, -0.1) is 0 Å². The fourth-order valence-corrected chi connectivity index (χ4v) is 1.83. The number of hydrogen-bond acceptors (Lipinski definition) is 3. The highest BCUT2D eigenvalue weighted by molar-refractivity contribution is 5.92. The largest absolute Gasteiger partial charge is 0.322 e. The molecule has 118 valence electrons. The van der Waals surface area contributed by atoms with E-state index < -0.39 is 5.82 Å². The van der Waals surface area contributed by atoms with Crippen LogP contribution in [0.5, 0.6) is 0 Å². The van der Waals surface area contributed by atoms with E-state index in [0.717, 1.165) is 25.9 Å². The molecule has 0 unspecified atom stereocenters. The number of carbonyl (C=O) groups is 1. The number of nitrogens with one attached hydrogen (secondary N) is 2. The van der Waals surface area contributed by atoms with Crippen molar-refractivity contribution in [2.75, 3.05) is 32.0 Å². The zero-order chi connectivity index (χ0) is 15.7. The van der Waals surface area contributed by atoms with Gasteiger partial charge < -0.3 is 15.5 Å². The van der Waals surface area contributed by atoms with Gasteiger partial charge >= 0.3 is 0 Å². The van der Waals surface area contributed by atoms with Gasteiger partial charge in [-0.3, -0.25) is 4.79 Å². The monoisotopic (exact) mass is 295 g/mol. The van der Waals surface area contributed by atoms with E-state index in [0.29, 0.717) is 6.04 Å². The van der Waals surface area contributed by atoms with Crippen molar-refractivity contribution in [1.82, 2.24) is 10.2 Å². The molecule has 1 amide bonds. The summed E-state index contributed by atoms with van der Waals surface area (Å²) >= 11 is 0. The summed E-state index contributed by atoms with van der Waals surface area (Å²) in [7, 11) is 2.11. The first-order valence-corrected chi connectivity index (χ1v) is 7.46. The Hall–Kier alpha value is -1.46. The highest BCUT2D eigenvalue weighted by Gasteiger charge is 2.05. The first-order valence-electron chi connectivity index (χ1n) is 7.46. The molecule has 1 aromatic rings. The summed E-state index contributed by atoms with van der Waals surface area (Å²) in [4.78, 5) is 13.9. The number of halogens is 1. The van der Waals surface area contributed by atoms with Crippen LogP contribution in [0.1, 0.15) is 26.7 Å². The van der Waals surface area contributed by atoms with E-state index in [9.17, 15) is 9.18 Å². The van der Waals surface area contributed by atoms with Gasteiger partial charge in [0.15, 0.2) is 0 Å². The van der Waals surface area contributed by atoms with E-state index in [2.05, 4.69) is 36.4 Å². The van der Waals surface area contributed by atoms with Crippen LogP contribution in [0.15, 0.2) is 24.3 Å². The zero-order valence-electron chi connectivity index (χ0n) is 13.2. The molecule has 1 aromatic carbocycles. The topological polar surface area (TPSA) is 44.4 Å². The van der Waals surface area contributed by atoms with Gasteiger partial charge in [0.05, 0.1) is 12.2 Å². The fourth-order valence-electron chi connectivity index (χ4n) is 1.83. The Morgan fingerprint density at radius 3 is 2.67 bits per heavy atom. The van der Waals surface area contributed by atoms with E-state index >= 15 is 0 Å². The molecule has 0 fully saturated rings. The number of anilines is 1. The molecular weight excluding hydrogens is 269 g/mol. The second-order valence-electron chi connectivity index (χ2n) is 5.49. The lowest BCUT2D eigenvalue weighted by molar-refractivity contribution is -0.115. The maximum atomic E-state index is 13.3. The Morgan fingerprint density at radius 1 is 1.29 bits per heavy atom. The van der Waals surface area contributed by atoms with E-state index in [4.69, 9.17) is 0 Å². The summed E-state index contributed by atoms with van der Waals surface area (Å²) in [6.07, 6.45) is 2.11. The van der Waals surface area contributed by atoms with Crippen LogP contribution in [0.3, 0.4) is 0 Å². The predicted molar refractivity (Wildman–Crippen MR) is 84.9 cm³/mol. The second kappa shape index (κ2) is 9.47. The summed E-state index contributed by atoms with van der Waals surface area (Å²) in [6.45, 7) is 6.39. The van der Waals surface area contributed by atoms with Crippen molar-refractivity contribution in [3.05, 3.63) is 30.1 Å². The lowest BCUT2D eigenvalue weighted by atomic mass is 10.2. The highest BCUT2D eigenvalue weighted by atomic mass is 19.1. The standard InChI is InChI=1S/C16H26FN3O/c1-13(2)20(3)11-7-6-10-18-12-16(21)19-15-9-5-4-8-14(15)17/h4-5,8-9,13,18H,6-7,10-12H2,1-3H3,(H,19,21). The Bertz CT molecular complexity index is 437. The predicted octanol–water partition coefficient (Wildman–Crippen LogP) is 2.47. The Morgan fingerprint density at radius 2 is 2.00 bits per heavy atom. The van der Waals surface area contributed by atoms with E-state index in [1.165, 1.54) is 6.07 Å². The third-order valence-corrected chi connectivity index (χ3v) is 3.43. The van der Waals surface area contributed by atoms with Gasteiger partial charge in [-0.05, 0) is 59.0 Å². The molecule has 21 heavy (non-hydrogen) atoms. The van der Waals surface area contributed by atoms with Gasteiger partial charge in [0.1, 0.15) is 5.82 Å². The van der Waals surface area contributed by atoms with Crippen molar-refractivity contribution in [3.8, 4) is 0 Å². The van der Waals surface area contributed by atoms with E-state index in [-0.39, 0.29) is 18.1 Å². The van der Waals surface area contributed by atoms with Crippen molar-refractivity contribution in [2.45, 2.75) is 32.7 Å². The summed E-state index contributed by atoms with van der Waals surface area (Å²) in [5.74, 6) is -0.637. The summed E-state index contributed by atoms with van der Waals surface area (Å²) < 4.78 is 13.3. The average molecular weight is 295 g/mol. The van der Waals surface area contributed by atoms with Crippen LogP contribution in [0.4, 0.5) is 10.1 Å². The molecule has 0 spiro atoms. The molecule has 1 rings (SSSR count). The van der Waals surface area contributed by atoms with Crippen LogP contribution in [0.25, 0.3) is 0 Å². The van der Waals surface area contributed by atoms with E-state index in [1.54, 1.807) is 18.2 Å². The van der Waals surface area contributed by atoms with Crippen molar-refractivity contribution < 1.29 is 9.18 Å². The number of rotatable bonds is 9. The zero-order valence-corrected chi connectivity index (χ0v) is 13.2. The molecule has 0 radical (unpaired) electrons.